The largest absolute Gasteiger partial charge is 0.507 e. The van der Waals surface area contributed by atoms with Gasteiger partial charge < -0.3 is 19.8 Å². The number of phenols is 1. The summed E-state index contributed by atoms with van der Waals surface area (Å²) in [6, 6.07) is 4.57. The van der Waals surface area contributed by atoms with E-state index in [4.69, 9.17) is 4.74 Å². The van der Waals surface area contributed by atoms with E-state index in [9.17, 15) is 15.0 Å². The zero-order valence-corrected chi connectivity index (χ0v) is 10.3. The van der Waals surface area contributed by atoms with Crippen LogP contribution < -0.4 is 0 Å². The highest BCUT2D eigenvalue weighted by Gasteiger charge is 2.28. The Hall–Kier alpha value is -1.59. The van der Waals surface area contributed by atoms with Crippen LogP contribution >= 0.6 is 0 Å². The van der Waals surface area contributed by atoms with Crippen molar-refractivity contribution in [2.45, 2.75) is 13.0 Å². The molecule has 1 amide bonds. The Morgan fingerprint density at radius 2 is 2.33 bits per heavy atom. The van der Waals surface area contributed by atoms with Crippen LogP contribution in [-0.2, 0) is 4.74 Å². The van der Waals surface area contributed by atoms with Crippen LogP contribution in [0.25, 0.3) is 0 Å². The highest BCUT2D eigenvalue weighted by atomic mass is 16.5. The number of aliphatic hydroxyl groups is 1. The standard InChI is InChI=1S/C13H17NO4/c1-9-2-3-12(16)11(6-9)13(17)14-4-5-18-8-10(14)7-15/h2-3,6,10,15-16H,4-5,7-8H2,1H3. The number of morpholine rings is 1. The molecule has 1 atom stereocenters. The minimum atomic E-state index is -0.342. The molecule has 98 valence electrons. The van der Waals surface area contributed by atoms with E-state index < -0.39 is 0 Å². The number of carbonyl (C=O) groups is 1. The van der Waals surface area contributed by atoms with Crippen LogP contribution in [0.15, 0.2) is 18.2 Å². The minimum absolute atomic E-state index is 0.0335. The van der Waals surface area contributed by atoms with Gasteiger partial charge in [0.25, 0.3) is 5.91 Å². The molecule has 2 rings (SSSR count). The maximum atomic E-state index is 12.3. The van der Waals surface area contributed by atoms with Crippen molar-refractivity contribution >= 4 is 5.91 Å². The summed E-state index contributed by atoms with van der Waals surface area (Å²) in [6.45, 7) is 2.93. The maximum absolute atomic E-state index is 12.3. The number of nitrogens with zero attached hydrogens (tertiary/aromatic N) is 1. The molecule has 2 N–H and O–H groups in total. The molecule has 1 heterocycles. The highest BCUT2D eigenvalue weighted by molar-refractivity contribution is 5.97. The summed E-state index contributed by atoms with van der Waals surface area (Å²) in [6.07, 6.45) is 0. The minimum Gasteiger partial charge on any atom is -0.507 e. The molecule has 1 aromatic carbocycles. The van der Waals surface area contributed by atoms with Crippen molar-refractivity contribution in [2.24, 2.45) is 0 Å². The topological polar surface area (TPSA) is 70.0 Å². The predicted molar refractivity (Wildman–Crippen MR) is 65.6 cm³/mol. The van der Waals surface area contributed by atoms with E-state index in [0.717, 1.165) is 5.56 Å². The van der Waals surface area contributed by atoms with E-state index in [1.807, 2.05) is 6.92 Å². The van der Waals surface area contributed by atoms with E-state index in [1.165, 1.54) is 6.07 Å². The number of phenolic OH excluding ortho intramolecular Hbond substituents is 1. The number of ether oxygens (including phenoxy) is 1. The van der Waals surface area contributed by atoms with Gasteiger partial charge in [0.05, 0.1) is 31.4 Å². The van der Waals surface area contributed by atoms with Crippen molar-refractivity contribution in [2.75, 3.05) is 26.4 Å². The Kier molecular flexibility index (Phi) is 3.84. The van der Waals surface area contributed by atoms with Crippen LogP contribution in [0.2, 0.25) is 0 Å². The lowest BCUT2D eigenvalue weighted by Crippen LogP contribution is -2.50. The third-order valence-electron chi connectivity index (χ3n) is 3.08. The van der Waals surface area contributed by atoms with Crippen molar-refractivity contribution in [3.05, 3.63) is 29.3 Å². The molecule has 0 radical (unpaired) electrons. The SMILES string of the molecule is Cc1ccc(O)c(C(=O)N2CCOCC2CO)c1. The summed E-state index contributed by atoms with van der Waals surface area (Å²) in [7, 11) is 0. The van der Waals surface area contributed by atoms with Gasteiger partial charge >= 0.3 is 0 Å². The third kappa shape index (κ3) is 2.47. The molecule has 0 saturated carbocycles. The van der Waals surface area contributed by atoms with Crippen molar-refractivity contribution in [1.29, 1.82) is 0 Å². The average molecular weight is 251 g/mol. The number of benzene rings is 1. The number of carbonyl (C=O) groups excluding carboxylic acids is 1. The highest BCUT2D eigenvalue weighted by Crippen LogP contribution is 2.22. The lowest BCUT2D eigenvalue weighted by molar-refractivity contribution is -0.0185. The van der Waals surface area contributed by atoms with Gasteiger partial charge in [-0.2, -0.15) is 0 Å². The molecule has 0 bridgehead atoms. The summed E-state index contributed by atoms with van der Waals surface area (Å²) >= 11 is 0. The number of amides is 1. The van der Waals surface area contributed by atoms with Crippen LogP contribution in [0.1, 0.15) is 15.9 Å². The molecule has 1 saturated heterocycles. The van der Waals surface area contributed by atoms with Gasteiger partial charge in [-0.15, -0.1) is 0 Å². The molecular formula is C13H17NO4. The first kappa shape index (κ1) is 12.9. The van der Waals surface area contributed by atoms with E-state index >= 15 is 0 Å². The van der Waals surface area contributed by atoms with Gasteiger partial charge in [0, 0.05) is 6.54 Å². The van der Waals surface area contributed by atoms with Gasteiger partial charge in [-0.25, -0.2) is 0 Å². The van der Waals surface area contributed by atoms with Gasteiger partial charge in [-0.3, -0.25) is 4.79 Å². The first-order chi connectivity index (χ1) is 8.63. The van der Waals surface area contributed by atoms with Crippen LogP contribution in [0.4, 0.5) is 0 Å². The normalized spacial score (nSPS) is 19.9. The quantitative estimate of drug-likeness (QED) is 0.804. The number of hydrogen-bond donors (Lipinski definition) is 2. The number of hydrogen-bond acceptors (Lipinski definition) is 4. The van der Waals surface area contributed by atoms with E-state index in [1.54, 1.807) is 17.0 Å². The molecular weight excluding hydrogens is 234 g/mol. The fourth-order valence-corrected chi connectivity index (χ4v) is 2.05. The second-order valence-corrected chi connectivity index (χ2v) is 4.43. The monoisotopic (exact) mass is 251 g/mol. The van der Waals surface area contributed by atoms with Crippen molar-refractivity contribution in [3.8, 4) is 5.75 Å². The average Bonchev–Trinajstić information content (AvgIpc) is 2.40. The molecule has 1 aliphatic heterocycles. The second kappa shape index (κ2) is 5.37. The van der Waals surface area contributed by atoms with Crippen LogP contribution in [0.5, 0.6) is 5.75 Å². The Bertz CT molecular complexity index is 447. The van der Waals surface area contributed by atoms with Crippen molar-refractivity contribution < 1.29 is 19.7 Å². The van der Waals surface area contributed by atoms with Crippen LogP contribution in [0, 0.1) is 6.92 Å². The van der Waals surface area contributed by atoms with Gasteiger partial charge in [0.15, 0.2) is 0 Å². The number of aryl methyl sites for hydroxylation is 1. The zero-order chi connectivity index (χ0) is 13.1. The predicted octanol–water partition coefficient (Wildman–Crippen LogP) is 0.534. The molecule has 1 aromatic rings. The fourth-order valence-electron chi connectivity index (χ4n) is 2.05. The molecule has 1 fully saturated rings. The molecule has 18 heavy (non-hydrogen) atoms. The molecule has 5 nitrogen and oxygen atoms in total. The smallest absolute Gasteiger partial charge is 0.258 e. The Balaban J connectivity index is 2.26. The second-order valence-electron chi connectivity index (χ2n) is 4.43. The van der Waals surface area contributed by atoms with Gasteiger partial charge in [-0.05, 0) is 19.1 Å². The lowest BCUT2D eigenvalue weighted by atomic mass is 10.1. The van der Waals surface area contributed by atoms with Gasteiger partial charge in [0.2, 0.25) is 0 Å². The van der Waals surface area contributed by atoms with E-state index in [-0.39, 0.29) is 29.9 Å². The number of aromatic hydroxyl groups is 1. The Labute approximate surface area is 106 Å². The molecule has 0 aliphatic carbocycles. The van der Waals surface area contributed by atoms with E-state index in [0.29, 0.717) is 19.8 Å². The maximum Gasteiger partial charge on any atom is 0.258 e. The number of rotatable bonds is 2. The summed E-state index contributed by atoms with van der Waals surface area (Å²) < 4.78 is 5.23. The summed E-state index contributed by atoms with van der Waals surface area (Å²) in [5.74, 6) is -0.299. The molecule has 1 aliphatic rings. The van der Waals surface area contributed by atoms with Gasteiger partial charge in [-0.1, -0.05) is 11.6 Å². The molecule has 0 aromatic heterocycles. The third-order valence-corrected chi connectivity index (χ3v) is 3.08. The van der Waals surface area contributed by atoms with E-state index in [2.05, 4.69) is 0 Å². The zero-order valence-electron chi connectivity index (χ0n) is 10.3. The first-order valence-corrected chi connectivity index (χ1v) is 5.92. The Morgan fingerprint density at radius 3 is 3.06 bits per heavy atom. The molecule has 1 unspecified atom stereocenters. The van der Waals surface area contributed by atoms with Crippen molar-refractivity contribution in [3.63, 3.8) is 0 Å². The van der Waals surface area contributed by atoms with Crippen molar-refractivity contribution in [1.82, 2.24) is 4.90 Å². The number of aliphatic hydroxyl groups excluding tert-OH is 1. The van der Waals surface area contributed by atoms with Crippen LogP contribution in [-0.4, -0.2) is 53.4 Å². The summed E-state index contributed by atoms with van der Waals surface area (Å²) in [4.78, 5) is 13.9. The molecule has 0 spiro atoms. The summed E-state index contributed by atoms with van der Waals surface area (Å²) in [5.41, 5.74) is 1.18. The van der Waals surface area contributed by atoms with Gasteiger partial charge in [0.1, 0.15) is 5.75 Å². The Morgan fingerprint density at radius 1 is 1.56 bits per heavy atom. The van der Waals surface area contributed by atoms with Crippen LogP contribution in [0.3, 0.4) is 0 Å². The lowest BCUT2D eigenvalue weighted by Gasteiger charge is -2.34. The fraction of sp³-hybridized carbons (Fsp3) is 0.462. The molecule has 5 heteroatoms. The first-order valence-electron chi connectivity index (χ1n) is 5.92. The summed E-state index contributed by atoms with van der Waals surface area (Å²) in [5, 5.41) is 19.0.